The summed E-state index contributed by atoms with van der Waals surface area (Å²) in [5, 5.41) is 0.836. The van der Waals surface area contributed by atoms with Crippen molar-refractivity contribution >= 4 is 22.8 Å². The van der Waals surface area contributed by atoms with E-state index in [1.807, 2.05) is 6.08 Å². The first-order valence-corrected chi connectivity index (χ1v) is 4.80. The number of amides is 1. The van der Waals surface area contributed by atoms with Gasteiger partial charge in [0.25, 0.3) is 0 Å². The lowest BCUT2D eigenvalue weighted by Crippen LogP contribution is -2.30. The maximum atomic E-state index is 11.0. The summed E-state index contributed by atoms with van der Waals surface area (Å²) in [5.41, 5.74) is 0. The van der Waals surface area contributed by atoms with Crippen LogP contribution < -0.4 is 0 Å². The summed E-state index contributed by atoms with van der Waals surface area (Å²) < 4.78 is 0. The highest BCUT2D eigenvalue weighted by Crippen LogP contribution is 2.14. The predicted octanol–water partition coefficient (Wildman–Crippen LogP) is 1.12. The molecule has 0 spiro atoms. The quantitative estimate of drug-likeness (QED) is 0.602. The van der Waals surface area contributed by atoms with Crippen LogP contribution in [0.5, 0.6) is 0 Å². The molecule has 0 fully saturated rings. The number of amidine groups is 1. The Balaban J connectivity index is 2.50. The minimum absolute atomic E-state index is 0.0720. The Hall–Kier alpha value is -0.770. The van der Waals surface area contributed by atoms with Crippen molar-refractivity contribution in [2.75, 3.05) is 18.8 Å². The van der Waals surface area contributed by atoms with Crippen molar-refractivity contribution in [1.29, 1.82) is 0 Å². The third-order valence-electron chi connectivity index (χ3n) is 1.51. The molecule has 0 saturated heterocycles. The molecule has 4 heteroatoms. The van der Waals surface area contributed by atoms with Gasteiger partial charge < -0.3 is 0 Å². The zero-order valence-corrected chi connectivity index (χ0v) is 7.93. The lowest BCUT2D eigenvalue weighted by molar-refractivity contribution is -0.124. The van der Waals surface area contributed by atoms with E-state index < -0.39 is 0 Å². The molecule has 0 aliphatic carbocycles. The van der Waals surface area contributed by atoms with Gasteiger partial charge in [0.15, 0.2) is 5.17 Å². The smallest absolute Gasteiger partial charge is 0.225 e. The standard InChI is InChI=1S/C8H12N2OS/c1-3-6-12-8-9-4-5-10(8)7(2)11/h3H,1,4-6H2,2H3. The lowest BCUT2D eigenvalue weighted by atomic mass is 10.5. The molecule has 0 aromatic heterocycles. The highest BCUT2D eigenvalue weighted by molar-refractivity contribution is 8.13. The van der Waals surface area contributed by atoms with Crippen LogP contribution in [0.1, 0.15) is 6.92 Å². The van der Waals surface area contributed by atoms with Crippen LogP contribution in [-0.2, 0) is 4.79 Å². The number of aliphatic imine (C=N–C) groups is 1. The van der Waals surface area contributed by atoms with E-state index in [1.54, 1.807) is 23.6 Å². The predicted molar refractivity (Wildman–Crippen MR) is 52.3 cm³/mol. The average molecular weight is 184 g/mol. The van der Waals surface area contributed by atoms with E-state index in [0.717, 1.165) is 24.0 Å². The fraction of sp³-hybridized carbons (Fsp3) is 0.500. The van der Waals surface area contributed by atoms with Crippen LogP contribution in [0.4, 0.5) is 0 Å². The maximum Gasteiger partial charge on any atom is 0.225 e. The van der Waals surface area contributed by atoms with Crippen LogP contribution in [0.25, 0.3) is 0 Å². The third kappa shape index (κ3) is 2.11. The Kier molecular flexibility index (Phi) is 3.34. The van der Waals surface area contributed by atoms with Gasteiger partial charge in [0.1, 0.15) is 0 Å². The molecule has 0 atom stereocenters. The van der Waals surface area contributed by atoms with Gasteiger partial charge in [0.05, 0.1) is 6.54 Å². The van der Waals surface area contributed by atoms with Gasteiger partial charge in [-0.2, -0.15) is 0 Å². The van der Waals surface area contributed by atoms with Crippen molar-refractivity contribution in [3.8, 4) is 0 Å². The summed E-state index contributed by atoms with van der Waals surface area (Å²) in [6.07, 6.45) is 1.81. The summed E-state index contributed by atoms with van der Waals surface area (Å²) in [6.45, 7) is 6.64. The van der Waals surface area contributed by atoms with E-state index in [9.17, 15) is 4.79 Å². The molecule has 0 bridgehead atoms. The van der Waals surface area contributed by atoms with Crippen molar-refractivity contribution in [1.82, 2.24) is 4.90 Å². The monoisotopic (exact) mass is 184 g/mol. The summed E-state index contributed by atoms with van der Waals surface area (Å²) in [7, 11) is 0. The van der Waals surface area contributed by atoms with Crippen LogP contribution in [-0.4, -0.2) is 34.8 Å². The number of rotatable bonds is 2. The van der Waals surface area contributed by atoms with E-state index in [-0.39, 0.29) is 5.91 Å². The largest absolute Gasteiger partial charge is 0.290 e. The topological polar surface area (TPSA) is 32.7 Å². The fourth-order valence-electron chi connectivity index (χ4n) is 0.976. The van der Waals surface area contributed by atoms with Crippen LogP contribution in [0.15, 0.2) is 17.6 Å². The number of hydrogen-bond donors (Lipinski definition) is 0. The van der Waals surface area contributed by atoms with Crippen LogP contribution >= 0.6 is 11.8 Å². The molecule has 66 valence electrons. The second-order valence-electron chi connectivity index (χ2n) is 2.43. The highest BCUT2D eigenvalue weighted by atomic mass is 32.2. The summed E-state index contributed by atoms with van der Waals surface area (Å²) in [4.78, 5) is 16.9. The van der Waals surface area contributed by atoms with E-state index in [2.05, 4.69) is 11.6 Å². The molecular weight excluding hydrogens is 172 g/mol. The molecule has 1 rings (SSSR count). The molecule has 0 radical (unpaired) electrons. The lowest BCUT2D eigenvalue weighted by Gasteiger charge is -2.14. The molecular formula is C8H12N2OS. The Morgan fingerprint density at radius 3 is 3.25 bits per heavy atom. The first-order valence-electron chi connectivity index (χ1n) is 3.82. The zero-order chi connectivity index (χ0) is 8.97. The molecule has 1 aliphatic rings. The molecule has 1 aliphatic heterocycles. The van der Waals surface area contributed by atoms with Gasteiger partial charge in [-0.25, -0.2) is 0 Å². The Bertz CT molecular complexity index is 225. The molecule has 1 heterocycles. The Morgan fingerprint density at radius 2 is 2.67 bits per heavy atom. The van der Waals surface area contributed by atoms with Gasteiger partial charge in [0, 0.05) is 19.2 Å². The van der Waals surface area contributed by atoms with Crippen molar-refractivity contribution in [2.45, 2.75) is 6.92 Å². The Labute approximate surface area is 76.5 Å². The number of carbonyl (C=O) groups is 1. The first-order chi connectivity index (χ1) is 5.75. The van der Waals surface area contributed by atoms with Gasteiger partial charge in [-0.05, 0) is 0 Å². The summed E-state index contributed by atoms with van der Waals surface area (Å²) in [6, 6.07) is 0. The SMILES string of the molecule is C=CCSC1=NCCN1C(C)=O. The van der Waals surface area contributed by atoms with Crippen molar-refractivity contribution < 1.29 is 4.79 Å². The number of carbonyl (C=O) groups excluding carboxylic acids is 1. The van der Waals surface area contributed by atoms with Crippen LogP contribution in [0.3, 0.4) is 0 Å². The maximum absolute atomic E-state index is 11.0. The number of hydrogen-bond acceptors (Lipinski definition) is 3. The molecule has 0 aromatic carbocycles. The van der Waals surface area contributed by atoms with Crippen LogP contribution in [0.2, 0.25) is 0 Å². The van der Waals surface area contributed by atoms with Gasteiger partial charge in [-0.15, -0.1) is 6.58 Å². The van der Waals surface area contributed by atoms with Crippen molar-refractivity contribution in [3.05, 3.63) is 12.7 Å². The highest BCUT2D eigenvalue weighted by Gasteiger charge is 2.19. The van der Waals surface area contributed by atoms with Gasteiger partial charge in [0.2, 0.25) is 5.91 Å². The average Bonchev–Trinajstić information content (AvgIpc) is 2.48. The van der Waals surface area contributed by atoms with Gasteiger partial charge in [-0.1, -0.05) is 17.8 Å². The molecule has 0 unspecified atom stereocenters. The molecule has 12 heavy (non-hydrogen) atoms. The zero-order valence-electron chi connectivity index (χ0n) is 7.12. The van der Waals surface area contributed by atoms with E-state index in [1.165, 1.54) is 0 Å². The second-order valence-corrected chi connectivity index (χ2v) is 3.42. The van der Waals surface area contributed by atoms with Crippen molar-refractivity contribution in [2.24, 2.45) is 4.99 Å². The molecule has 0 saturated carbocycles. The molecule has 3 nitrogen and oxygen atoms in total. The minimum atomic E-state index is 0.0720. The number of nitrogens with zero attached hydrogens (tertiary/aromatic N) is 2. The number of thioether (sulfide) groups is 1. The normalized spacial score (nSPS) is 16.1. The van der Waals surface area contributed by atoms with E-state index >= 15 is 0 Å². The van der Waals surface area contributed by atoms with E-state index in [4.69, 9.17) is 0 Å². The second kappa shape index (κ2) is 4.30. The van der Waals surface area contributed by atoms with Crippen LogP contribution in [0, 0.1) is 0 Å². The summed E-state index contributed by atoms with van der Waals surface area (Å²) >= 11 is 1.56. The van der Waals surface area contributed by atoms with Crippen molar-refractivity contribution in [3.63, 3.8) is 0 Å². The van der Waals surface area contributed by atoms with E-state index in [0.29, 0.717) is 0 Å². The third-order valence-corrected chi connectivity index (χ3v) is 2.52. The molecule has 0 N–H and O–H groups in total. The Morgan fingerprint density at radius 1 is 1.92 bits per heavy atom. The fourth-order valence-corrected chi connectivity index (χ4v) is 1.80. The minimum Gasteiger partial charge on any atom is -0.290 e. The van der Waals surface area contributed by atoms with Gasteiger partial charge >= 0.3 is 0 Å². The summed E-state index contributed by atoms with van der Waals surface area (Å²) in [5.74, 6) is 0.880. The molecule has 1 amide bonds. The van der Waals surface area contributed by atoms with Gasteiger partial charge in [-0.3, -0.25) is 14.7 Å². The first kappa shape index (κ1) is 9.32. The molecule has 0 aromatic rings.